The molecule has 21 heavy (non-hydrogen) atoms. The van der Waals surface area contributed by atoms with Gasteiger partial charge in [0.25, 0.3) is 0 Å². The van der Waals surface area contributed by atoms with Crippen LogP contribution in [-0.4, -0.2) is 23.1 Å². The van der Waals surface area contributed by atoms with Crippen LogP contribution in [0.1, 0.15) is 25.7 Å². The zero-order chi connectivity index (χ0) is 14.5. The van der Waals surface area contributed by atoms with E-state index >= 15 is 0 Å². The number of anilines is 3. The van der Waals surface area contributed by atoms with E-state index in [1.54, 1.807) is 13.4 Å². The number of methoxy groups -OCH3 is 1. The lowest BCUT2D eigenvalue weighted by atomic mass is 10.2. The van der Waals surface area contributed by atoms with Crippen LogP contribution < -0.4 is 15.4 Å². The minimum Gasteiger partial charge on any atom is -0.497 e. The number of aromatic nitrogens is 2. The van der Waals surface area contributed by atoms with E-state index in [1.807, 2.05) is 30.3 Å². The first kappa shape index (κ1) is 13.7. The van der Waals surface area contributed by atoms with Gasteiger partial charge in [-0.05, 0) is 37.1 Å². The highest BCUT2D eigenvalue weighted by Crippen LogP contribution is 2.23. The van der Waals surface area contributed by atoms with Gasteiger partial charge in [-0.25, -0.2) is 9.97 Å². The summed E-state index contributed by atoms with van der Waals surface area (Å²) in [6.07, 6.45) is 6.65. The van der Waals surface area contributed by atoms with E-state index in [4.69, 9.17) is 4.74 Å². The Hall–Kier alpha value is -2.30. The molecule has 1 aromatic heterocycles. The molecule has 0 atom stereocenters. The lowest BCUT2D eigenvalue weighted by molar-refractivity contribution is 0.415. The monoisotopic (exact) mass is 284 g/mol. The highest BCUT2D eigenvalue weighted by Gasteiger charge is 2.15. The molecule has 110 valence electrons. The molecule has 1 fully saturated rings. The molecule has 5 nitrogen and oxygen atoms in total. The number of rotatable bonds is 5. The maximum Gasteiger partial charge on any atom is 0.135 e. The van der Waals surface area contributed by atoms with E-state index in [-0.39, 0.29) is 0 Å². The molecule has 2 aromatic rings. The molecule has 1 aliphatic rings. The van der Waals surface area contributed by atoms with Crippen molar-refractivity contribution in [1.29, 1.82) is 0 Å². The van der Waals surface area contributed by atoms with E-state index < -0.39 is 0 Å². The average molecular weight is 284 g/mol. The van der Waals surface area contributed by atoms with Crippen molar-refractivity contribution >= 4 is 17.3 Å². The minimum atomic E-state index is 0.550. The zero-order valence-electron chi connectivity index (χ0n) is 12.2. The van der Waals surface area contributed by atoms with E-state index in [0.29, 0.717) is 6.04 Å². The number of benzene rings is 1. The second-order valence-electron chi connectivity index (χ2n) is 5.27. The molecular weight excluding hydrogens is 264 g/mol. The summed E-state index contributed by atoms with van der Waals surface area (Å²) in [6.45, 7) is 0. The summed E-state index contributed by atoms with van der Waals surface area (Å²) in [6, 6.07) is 10.3. The lowest BCUT2D eigenvalue weighted by Crippen LogP contribution is -2.15. The van der Waals surface area contributed by atoms with Gasteiger partial charge < -0.3 is 15.4 Å². The fraction of sp³-hybridized carbons (Fsp3) is 0.375. The largest absolute Gasteiger partial charge is 0.497 e. The molecule has 0 radical (unpaired) electrons. The molecule has 3 rings (SSSR count). The highest BCUT2D eigenvalue weighted by atomic mass is 16.5. The van der Waals surface area contributed by atoms with E-state index in [2.05, 4.69) is 20.6 Å². The molecule has 0 amide bonds. The van der Waals surface area contributed by atoms with Gasteiger partial charge >= 0.3 is 0 Å². The van der Waals surface area contributed by atoms with Crippen molar-refractivity contribution in [3.8, 4) is 5.75 Å². The van der Waals surface area contributed by atoms with Gasteiger partial charge in [-0.2, -0.15) is 0 Å². The second-order valence-corrected chi connectivity index (χ2v) is 5.27. The predicted octanol–water partition coefficient (Wildman–Crippen LogP) is 3.58. The third-order valence-electron chi connectivity index (χ3n) is 3.74. The Morgan fingerprint density at radius 1 is 1.05 bits per heavy atom. The van der Waals surface area contributed by atoms with Crippen LogP contribution in [0.3, 0.4) is 0 Å². The number of hydrogen-bond donors (Lipinski definition) is 2. The first-order valence-electron chi connectivity index (χ1n) is 7.33. The van der Waals surface area contributed by atoms with E-state index in [1.165, 1.54) is 25.7 Å². The van der Waals surface area contributed by atoms with Crippen molar-refractivity contribution in [3.05, 3.63) is 36.7 Å². The maximum absolute atomic E-state index is 5.15. The van der Waals surface area contributed by atoms with Crippen LogP contribution in [-0.2, 0) is 0 Å². The predicted molar refractivity (Wildman–Crippen MR) is 84.2 cm³/mol. The van der Waals surface area contributed by atoms with E-state index in [9.17, 15) is 0 Å². The van der Waals surface area contributed by atoms with Gasteiger partial charge in [0.1, 0.15) is 23.7 Å². The van der Waals surface area contributed by atoms with Gasteiger partial charge in [0.15, 0.2) is 0 Å². The molecular formula is C16H20N4O. The van der Waals surface area contributed by atoms with E-state index in [0.717, 1.165) is 23.1 Å². The van der Waals surface area contributed by atoms with Gasteiger partial charge in [0, 0.05) is 17.8 Å². The molecule has 0 aliphatic heterocycles. The molecule has 0 unspecified atom stereocenters. The smallest absolute Gasteiger partial charge is 0.135 e. The number of nitrogens with zero attached hydrogens (tertiary/aromatic N) is 2. The molecule has 1 aliphatic carbocycles. The van der Waals surface area contributed by atoms with Crippen LogP contribution in [0.25, 0.3) is 0 Å². The molecule has 0 saturated heterocycles. The van der Waals surface area contributed by atoms with Crippen molar-refractivity contribution in [2.45, 2.75) is 31.7 Å². The summed E-state index contributed by atoms with van der Waals surface area (Å²) in [5.74, 6) is 2.51. The van der Waals surface area contributed by atoms with Crippen LogP contribution in [0.4, 0.5) is 17.3 Å². The summed E-state index contributed by atoms with van der Waals surface area (Å²) in [5.41, 5.74) is 0.973. The molecule has 5 heteroatoms. The van der Waals surface area contributed by atoms with Gasteiger partial charge in [-0.1, -0.05) is 12.8 Å². The third kappa shape index (κ3) is 3.62. The Morgan fingerprint density at radius 3 is 2.48 bits per heavy atom. The standard InChI is InChI=1S/C16H20N4O/c1-21-14-8-6-13(7-9-14)20-16-10-15(17-11-18-16)19-12-4-2-3-5-12/h6-12H,2-5H2,1H3,(H2,17,18,19,20). The Bertz CT molecular complexity index is 579. The Morgan fingerprint density at radius 2 is 1.76 bits per heavy atom. The maximum atomic E-state index is 5.15. The lowest BCUT2D eigenvalue weighted by Gasteiger charge is -2.13. The van der Waals surface area contributed by atoms with Crippen LogP contribution in [0.2, 0.25) is 0 Å². The normalized spacial score (nSPS) is 14.9. The molecule has 2 N–H and O–H groups in total. The van der Waals surface area contributed by atoms with Crippen molar-refractivity contribution < 1.29 is 4.74 Å². The molecule has 1 heterocycles. The first-order valence-corrected chi connectivity index (χ1v) is 7.33. The fourth-order valence-electron chi connectivity index (χ4n) is 2.61. The summed E-state index contributed by atoms with van der Waals surface area (Å²) in [4.78, 5) is 8.55. The SMILES string of the molecule is COc1ccc(Nc2cc(NC3CCCC3)ncn2)cc1. The zero-order valence-corrected chi connectivity index (χ0v) is 12.2. The Kier molecular flexibility index (Phi) is 4.19. The number of nitrogens with one attached hydrogen (secondary N) is 2. The van der Waals surface area contributed by atoms with Crippen LogP contribution >= 0.6 is 0 Å². The quantitative estimate of drug-likeness (QED) is 0.878. The van der Waals surface area contributed by atoms with Gasteiger partial charge in [-0.15, -0.1) is 0 Å². The van der Waals surface area contributed by atoms with Crippen LogP contribution in [0.15, 0.2) is 36.7 Å². The Balaban J connectivity index is 1.66. The summed E-state index contributed by atoms with van der Waals surface area (Å²) < 4.78 is 5.15. The summed E-state index contributed by atoms with van der Waals surface area (Å²) in [7, 11) is 1.66. The van der Waals surface area contributed by atoms with Crippen molar-refractivity contribution in [2.75, 3.05) is 17.7 Å². The van der Waals surface area contributed by atoms with Gasteiger partial charge in [0.05, 0.1) is 7.11 Å². The second kappa shape index (κ2) is 6.43. The van der Waals surface area contributed by atoms with Crippen molar-refractivity contribution in [1.82, 2.24) is 9.97 Å². The fourth-order valence-corrected chi connectivity index (χ4v) is 2.61. The molecule has 1 saturated carbocycles. The topological polar surface area (TPSA) is 59.1 Å². The number of hydrogen-bond acceptors (Lipinski definition) is 5. The van der Waals surface area contributed by atoms with Crippen molar-refractivity contribution in [2.24, 2.45) is 0 Å². The Labute approximate surface area is 124 Å². The molecule has 1 aromatic carbocycles. The van der Waals surface area contributed by atoms with Gasteiger partial charge in [-0.3, -0.25) is 0 Å². The van der Waals surface area contributed by atoms with Crippen molar-refractivity contribution in [3.63, 3.8) is 0 Å². The van der Waals surface area contributed by atoms with Crippen LogP contribution in [0.5, 0.6) is 5.75 Å². The minimum absolute atomic E-state index is 0.550. The molecule has 0 spiro atoms. The molecule has 0 bridgehead atoms. The van der Waals surface area contributed by atoms with Crippen LogP contribution in [0, 0.1) is 0 Å². The summed E-state index contributed by atoms with van der Waals surface area (Å²) in [5, 5.41) is 6.75. The highest BCUT2D eigenvalue weighted by molar-refractivity contribution is 5.59. The third-order valence-corrected chi connectivity index (χ3v) is 3.74. The number of ether oxygens (including phenoxy) is 1. The van der Waals surface area contributed by atoms with Gasteiger partial charge in [0.2, 0.25) is 0 Å². The average Bonchev–Trinajstić information content (AvgIpc) is 3.01. The summed E-state index contributed by atoms with van der Waals surface area (Å²) >= 11 is 0. The first-order chi connectivity index (χ1) is 10.3.